The van der Waals surface area contributed by atoms with Gasteiger partial charge in [0.2, 0.25) is 0 Å². The summed E-state index contributed by atoms with van der Waals surface area (Å²) >= 11 is 0. The zero-order chi connectivity index (χ0) is 21.9. The summed E-state index contributed by atoms with van der Waals surface area (Å²) in [5, 5.41) is 0.113. The molecule has 0 aromatic heterocycles. The van der Waals surface area contributed by atoms with E-state index >= 15 is 0 Å². The summed E-state index contributed by atoms with van der Waals surface area (Å²) in [4.78, 5) is 14.6. The molecule has 1 amide bonds. The van der Waals surface area contributed by atoms with Crippen molar-refractivity contribution in [2.75, 3.05) is 13.2 Å². The van der Waals surface area contributed by atoms with Crippen LogP contribution in [0.1, 0.15) is 53.5 Å². The minimum Gasteiger partial charge on any atom is -0.444 e. The highest BCUT2D eigenvalue weighted by Gasteiger charge is 2.46. The van der Waals surface area contributed by atoms with Gasteiger partial charge in [0.15, 0.2) is 8.32 Å². The summed E-state index contributed by atoms with van der Waals surface area (Å²) in [6.45, 7) is 18.5. The van der Waals surface area contributed by atoms with Crippen LogP contribution in [0.3, 0.4) is 0 Å². The Kier molecular flexibility index (Phi) is 7.57. The van der Waals surface area contributed by atoms with E-state index in [0.717, 1.165) is 12.0 Å². The van der Waals surface area contributed by atoms with Crippen LogP contribution >= 0.6 is 0 Å². The van der Waals surface area contributed by atoms with Crippen molar-refractivity contribution in [1.29, 1.82) is 0 Å². The minimum absolute atomic E-state index is 0.0285. The van der Waals surface area contributed by atoms with Crippen molar-refractivity contribution in [2.45, 2.75) is 90.4 Å². The molecule has 2 atom stereocenters. The Labute approximate surface area is 177 Å². The third-order valence-electron chi connectivity index (χ3n) is 5.76. The van der Waals surface area contributed by atoms with E-state index in [-0.39, 0.29) is 23.3 Å². The third-order valence-corrected chi connectivity index (χ3v) is 10.3. The number of rotatable bonds is 6. The standard InChI is InChI=1S/C23H39NO4Si/c1-22(2,3)27-21(25)24-15-14-20(28-29(7,8)23(4,5)6)19(24)17-26-16-18-12-10-9-11-13-18/h9-13,19-20H,14-17H2,1-8H3/t19-,20-/m1/s1. The van der Waals surface area contributed by atoms with Crippen LogP contribution < -0.4 is 0 Å². The van der Waals surface area contributed by atoms with E-state index in [9.17, 15) is 4.79 Å². The Morgan fingerprint density at radius 1 is 1.10 bits per heavy atom. The second kappa shape index (κ2) is 9.19. The zero-order valence-electron chi connectivity index (χ0n) is 19.5. The highest BCUT2D eigenvalue weighted by Crippen LogP contribution is 2.39. The van der Waals surface area contributed by atoms with Crippen molar-refractivity contribution in [1.82, 2.24) is 4.90 Å². The quantitative estimate of drug-likeness (QED) is 0.561. The predicted molar refractivity (Wildman–Crippen MR) is 120 cm³/mol. The maximum Gasteiger partial charge on any atom is 0.410 e. The number of benzene rings is 1. The number of hydrogen-bond donors (Lipinski definition) is 0. The molecule has 5 nitrogen and oxygen atoms in total. The maximum atomic E-state index is 12.8. The lowest BCUT2D eigenvalue weighted by molar-refractivity contribution is -0.00565. The van der Waals surface area contributed by atoms with Crippen molar-refractivity contribution >= 4 is 14.4 Å². The molecule has 164 valence electrons. The number of likely N-dealkylation sites (tertiary alicyclic amines) is 1. The molecule has 1 aromatic carbocycles. The second-order valence-corrected chi connectivity index (χ2v) is 15.2. The molecule has 29 heavy (non-hydrogen) atoms. The predicted octanol–water partition coefficient (Wildman–Crippen LogP) is 5.60. The Balaban J connectivity index is 2.11. The number of amides is 1. The minimum atomic E-state index is -1.96. The molecule has 0 aliphatic carbocycles. The van der Waals surface area contributed by atoms with E-state index in [2.05, 4.69) is 33.9 Å². The monoisotopic (exact) mass is 421 g/mol. The first-order chi connectivity index (χ1) is 13.3. The van der Waals surface area contributed by atoms with Gasteiger partial charge in [-0.05, 0) is 50.9 Å². The van der Waals surface area contributed by atoms with Crippen LogP contribution in [0.2, 0.25) is 18.1 Å². The Morgan fingerprint density at radius 3 is 2.28 bits per heavy atom. The van der Waals surface area contributed by atoms with Crippen molar-refractivity contribution in [2.24, 2.45) is 0 Å². The van der Waals surface area contributed by atoms with Gasteiger partial charge in [-0.15, -0.1) is 0 Å². The Hall–Kier alpha value is -1.37. The molecular weight excluding hydrogens is 382 g/mol. The third kappa shape index (κ3) is 6.83. The molecule has 0 bridgehead atoms. The average Bonchev–Trinajstić information content (AvgIpc) is 2.95. The Morgan fingerprint density at radius 2 is 1.72 bits per heavy atom. The number of ether oxygens (including phenoxy) is 2. The first-order valence-corrected chi connectivity index (χ1v) is 13.5. The van der Waals surface area contributed by atoms with Gasteiger partial charge < -0.3 is 18.8 Å². The molecule has 6 heteroatoms. The number of carbonyl (C=O) groups excluding carboxylic acids is 1. The molecular formula is C23H39NO4Si. The molecule has 0 radical (unpaired) electrons. The second-order valence-electron chi connectivity index (χ2n) is 10.4. The molecule has 0 unspecified atom stereocenters. The normalized spacial score (nSPS) is 20.8. The first-order valence-electron chi connectivity index (χ1n) is 10.6. The number of hydrogen-bond acceptors (Lipinski definition) is 4. The summed E-state index contributed by atoms with van der Waals surface area (Å²) in [7, 11) is -1.96. The summed E-state index contributed by atoms with van der Waals surface area (Å²) in [6, 6.07) is 9.96. The molecule has 1 aromatic rings. The summed E-state index contributed by atoms with van der Waals surface area (Å²) in [6.07, 6.45) is 0.497. The maximum absolute atomic E-state index is 12.8. The van der Waals surface area contributed by atoms with Gasteiger partial charge in [-0.3, -0.25) is 0 Å². The van der Waals surface area contributed by atoms with Gasteiger partial charge in [0, 0.05) is 6.54 Å². The largest absolute Gasteiger partial charge is 0.444 e. The summed E-state index contributed by atoms with van der Waals surface area (Å²) < 4.78 is 18.4. The lowest BCUT2D eigenvalue weighted by Crippen LogP contribution is -2.50. The fourth-order valence-electron chi connectivity index (χ4n) is 3.13. The molecule has 1 heterocycles. The summed E-state index contributed by atoms with van der Waals surface area (Å²) in [5.74, 6) is 0. The molecule has 1 aliphatic rings. The highest BCUT2D eigenvalue weighted by molar-refractivity contribution is 6.74. The van der Waals surface area contributed by atoms with Crippen molar-refractivity contribution < 1.29 is 18.7 Å². The van der Waals surface area contributed by atoms with Crippen LogP contribution in [0.15, 0.2) is 30.3 Å². The van der Waals surface area contributed by atoms with Crippen molar-refractivity contribution in [3.63, 3.8) is 0 Å². The van der Waals surface area contributed by atoms with E-state index in [1.165, 1.54) is 0 Å². The molecule has 1 aliphatic heterocycles. The molecule has 1 fully saturated rings. The van der Waals surface area contributed by atoms with E-state index in [4.69, 9.17) is 13.9 Å². The van der Waals surface area contributed by atoms with Crippen LogP contribution in [-0.4, -0.2) is 50.2 Å². The molecule has 2 rings (SSSR count). The SMILES string of the molecule is CC(C)(C)OC(=O)N1CC[C@@H](O[Si](C)(C)C(C)(C)C)[C@H]1COCc1ccccc1. The van der Waals surface area contributed by atoms with Crippen LogP contribution in [0.5, 0.6) is 0 Å². The lowest BCUT2D eigenvalue weighted by Gasteiger charge is -2.40. The van der Waals surface area contributed by atoms with Gasteiger partial charge >= 0.3 is 6.09 Å². The number of carbonyl (C=O) groups is 1. The first kappa shape index (κ1) is 23.9. The highest BCUT2D eigenvalue weighted by atomic mass is 28.4. The fourth-order valence-corrected chi connectivity index (χ4v) is 4.52. The molecule has 0 saturated carbocycles. The van der Waals surface area contributed by atoms with E-state index in [1.54, 1.807) is 4.90 Å². The van der Waals surface area contributed by atoms with Gasteiger partial charge in [0.1, 0.15) is 5.60 Å². The molecule has 0 spiro atoms. The van der Waals surface area contributed by atoms with Gasteiger partial charge in [-0.2, -0.15) is 0 Å². The zero-order valence-corrected chi connectivity index (χ0v) is 20.5. The smallest absolute Gasteiger partial charge is 0.410 e. The van der Waals surface area contributed by atoms with Crippen molar-refractivity contribution in [3.8, 4) is 0 Å². The fraction of sp³-hybridized carbons (Fsp3) is 0.696. The van der Waals surface area contributed by atoms with Gasteiger partial charge in [0.25, 0.3) is 0 Å². The topological polar surface area (TPSA) is 48.0 Å². The molecule has 0 N–H and O–H groups in total. The van der Waals surface area contributed by atoms with Crippen LogP contribution in [0.25, 0.3) is 0 Å². The average molecular weight is 422 g/mol. The van der Waals surface area contributed by atoms with Crippen molar-refractivity contribution in [3.05, 3.63) is 35.9 Å². The van der Waals surface area contributed by atoms with Gasteiger partial charge in [0.05, 0.1) is 25.4 Å². The van der Waals surface area contributed by atoms with Crippen LogP contribution in [0.4, 0.5) is 4.79 Å². The van der Waals surface area contributed by atoms with Crippen LogP contribution in [-0.2, 0) is 20.5 Å². The van der Waals surface area contributed by atoms with E-state index in [0.29, 0.717) is 19.8 Å². The summed E-state index contributed by atoms with van der Waals surface area (Å²) in [5.41, 5.74) is 0.599. The molecule has 1 saturated heterocycles. The van der Waals surface area contributed by atoms with Crippen LogP contribution in [0, 0.1) is 0 Å². The van der Waals surface area contributed by atoms with Gasteiger partial charge in [-0.25, -0.2) is 4.79 Å². The lowest BCUT2D eigenvalue weighted by atomic mass is 10.2. The van der Waals surface area contributed by atoms with E-state index < -0.39 is 13.9 Å². The Bertz CT molecular complexity index is 664. The van der Waals surface area contributed by atoms with E-state index in [1.807, 2.05) is 51.1 Å². The van der Waals surface area contributed by atoms with Gasteiger partial charge in [-0.1, -0.05) is 51.1 Å². The number of nitrogens with zero attached hydrogens (tertiary/aromatic N) is 1.